The minimum atomic E-state index is -0.413. The van der Waals surface area contributed by atoms with E-state index >= 15 is 0 Å². The van der Waals surface area contributed by atoms with Crippen LogP contribution in [0.1, 0.15) is 50.2 Å². The van der Waals surface area contributed by atoms with Crippen molar-refractivity contribution in [3.05, 3.63) is 23.8 Å². The van der Waals surface area contributed by atoms with Crippen molar-refractivity contribution in [2.45, 2.75) is 45.6 Å². The van der Waals surface area contributed by atoms with Crippen LogP contribution >= 0.6 is 0 Å². The van der Waals surface area contributed by atoms with Gasteiger partial charge >= 0.3 is 0 Å². The maximum Gasteiger partial charge on any atom is 0.125 e. The normalized spacial score (nSPS) is 27.7. The zero-order chi connectivity index (χ0) is 11.5. The molecule has 3 heteroatoms. The van der Waals surface area contributed by atoms with E-state index in [1.807, 2.05) is 13.0 Å². The van der Waals surface area contributed by atoms with Crippen LogP contribution in [-0.4, -0.2) is 15.1 Å². The SMILES string of the molecule is Cc1nccc(C(O)C2CCCC(C)C2)n1. The molecule has 3 atom stereocenters. The first-order chi connectivity index (χ1) is 7.66. The van der Waals surface area contributed by atoms with Crippen LogP contribution in [0, 0.1) is 18.8 Å². The molecule has 0 aliphatic heterocycles. The van der Waals surface area contributed by atoms with Crippen molar-refractivity contribution in [1.29, 1.82) is 0 Å². The first kappa shape index (κ1) is 11.5. The maximum absolute atomic E-state index is 10.3. The first-order valence-corrected chi connectivity index (χ1v) is 6.14. The minimum absolute atomic E-state index is 0.373. The molecule has 1 saturated carbocycles. The van der Waals surface area contributed by atoms with Gasteiger partial charge in [0, 0.05) is 6.20 Å². The molecular formula is C13H20N2O. The van der Waals surface area contributed by atoms with E-state index in [2.05, 4.69) is 16.9 Å². The van der Waals surface area contributed by atoms with Crippen LogP contribution in [-0.2, 0) is 0 Å². The molecule has 88 valence electrons. The molecule has 1 aliphatic carbocycles. The van der Waals surface area contributed by atoms with Crippen LogP contribution in [0.3, 0.4) is 0 Å². The number of aryl methyl sites for hydroxylation is 1. The molecule has 0 aromatic carbocycles. The predicted octanol–water partition coefficient (Wildman–Crippen LogP) is 2.64. The van der Waals surface area contributed by atoms with Crippen molar-refractivity contribution >= 4 is 0 Å². The van der Waals surface area contributed by atoms with Crippen molar-refractivity contribution in [3.8, 4) is 0 Å². The summed E-state index contributed by atoms with van der Waals surface area (Å²) in [6.45, 7) is 4.13. The summed E-state index contributed by atoms with van der Waals surface area (Å²) in [7, 11) is 0. The third-order valence-corrected chi connectivity index (χ3v) is 3.52. The van der Waals surface area contributed by atoms with Gasteiger partial charge < -0.3 is 5.11 Å². The summed E-state index contributed by atoms with van der Waals surface area (Å²) >= 11 is 0. The molecule has 3 nitrogen and oxygen atoms in total. The van der Waals surface area contributed by atoms with E-state index < -0.39 is 6.10 Å². The van der Waals surface area contributed by atoms with Crippen LogP contribution in [0.25, 0.3) is 0 Å². The fourth-order valence-corrected chi connectivity index (χ4v) is 2.65. The number of nitrogens with zero attached hydrogens (tertiary/aromatic N) is 2. The monoisotopic (exact) mass is 220 g/mol. The summed E-state index contributed by atoms with van der Waals surface area (Å²) in [5.74, 6) is 1.84. The smallest absolute Gasteiger partial charge is 0.125 e. The molecule has 0 spiro atoms. The molecule has 3 unspecified atom stereocenters. The molecule has 1 aromatic heterocycles. The Morgan fingerprint density at radius 2 is 2.25 bits per heavy atom. The topological polar surface area (TPSA) is 46.0 Å². The molecule has 16 heavy (non-hydrogen) atoms. The van der Waals surface area contributed by atoms with Gasteiger partial charge in [-0.25, -0.2) is 9.97 Å². The third kappa shape index (κ3) is 2.59. The second kappa shape index (κ2) is 4.91. The number of hydrogen-bond acceptors (Lipinski definition) is 3. The van der Waals surface area contributed by atoms with Gasteiger partial charge in [-0.2, -0.15) is 0 Å². The Kier molecular flexibility index (Phi) is 3.54. The molecule has 0 saturated heterocycles. The quantitative estimate of drug-likeness (QED) is 0.833. The zero-order valence-corrected chi connectivity index (χ0v) is 10.1. The van der Waals surface area contributed by atoms with E-state index in [1.165, 1.54) is 12.8 Å². The lowest BCUT2D eigenvalue weighted by atomic mass is 9.79. The van der Waals surface area contributed by atoms with Crippen LogP contribution in [0.15, 0.2) is 12.3 Å². The van der Waals surface area contributed by atoms with E-state index in [0.717, 1.165) is 30.3 Å². The van der Waals surface area contributed by atoms with Gasteiger partial charge in [-0.05, 0) is 37.7 Å². The summed E-state index contributed by atoms with van der Waals surface area (Å²) in [5, 5.41) is 10.3. The summed E-state index contributed by atoms with van der Waals surface area (Å²) in [4.78, 5) is 8.37. The molecule has 1 heterocycles. The fraction of sp³-hybridized carbons (Fsp3) is 0.692. The standard InChI is InChI=1S/C13H20N2O/c1-9-4-3-5-11(8-9)13(16)12-6-7-14-10(2)15-12/h6-7,9,11,13,16H,3-5,8H2,1-2H3. The van der Waals surface area contributed by atoms with Crippen molar-refractivity contribution in [3.63, 3.8) is 0 Å². The average molecular weight is 220 g/mol. The highest BCUT2D eigenvalue weighted by Gasteiger charge is 2.27. The molecule has 1 fully saturated rings. The van der Waals surface area contributed by atoms with E-state index in [0.29, 0.717) is 5.92 Å². The molecule has 1 aliphatic rings. The Morgan fingerprint density at radius 1 is 1.44 bits per heavy atom. The van der Waals surface area contributed by atoms with E-state index in [1.54, 1.807) is 6.20 Å². The van der Waals surface area contributed by atoms with Crippen molar-refractivity contribution in [2.75, 3.05) is 0 Å². The lowest BCUT2D eigenvalue weighted by molar-refractivity contribution is 0.0678. The van der Waals surface area contributed by atoms with E-state index in [-0.39, 0.29) is 0 Å². The second-order valence-corrected chi connectivity index (χ2v) is 5.01. The van der Waals surface area contributed by atoms with Gasteiger partial charge in [0.25, 0.3) is 0 Å². The first-order valence-electron chi connectivity index (χ1n) is 6.14. The van der Waals surface area contributed by atoms with Gasteiger partial charge in [-0.1, -0.05) is 19.8 Å². The van der Waals surface area contributed by atoms with Crippen molar-refractivity contribution in [1.82, 2.24) is 9.97 Å². The van der Waals surface area contributed by atoms with Gasteiger partial charge in [0.15, 0.2) is 0 Å². The Hall–Kier alpha value is -0.960. The number of aliphatic hydroxyl groups excluding tert-OH is 1. The highest BCUT2D eigenvalue weighted by Crippen LogP contribution is 2.36. The molecule has 1 aromatic rings. The Balaban J connectivity index is 2.09. The number of hydrogen-bond donors (Lipinski definition) is 1. The summed E-state index contributed by atoms with van der Waals surface area (Å²) < 4.78 is 0. The number of aromatic nitrogens is 2. The highest BCUT2D eigenvalue weighted by atomic mass is 16.3. The predicted molar refractivity (Wildman–Crippen MR) is 62.9 cm³/mol. The second-order valence-electron chi connectivity index (χ2n) is 5.01. The van der Waals surface area contributed by atoms with Crippen LogP contribution in [0.4, 0.5) is 0 Å². The van der Waals surface area contributed by atoms with Gasteiger partial charge in [0.1, 0.15) is 5.82 Å². The zero-order valence-electron chi connectivity index (χ0n) is 10.1. The van der Waals surface area contributed by atoms with Gasteiger partial charge in [0.05, 0.1) is 11.8 Å². The summed E-state index contributed by atoms with van der Waals surface area (Å²) in [6, 6.07) is 1.83. The highest BCUT2D eigenvalue weighted by molar-refractivity contribution is 5.06. The third-order valence-electron chi connectivity index (χ3n) is 3.52. The minimum Gasteiger partial charge on any atom is -0.387 e. The molecule has 1 N–H and O–H groups in total. The van der Waals surface area contributed by atoms with Crippen molar-refractivity contribution < 1.29 is 5.11 Å². The maximum atomic E-state index is 10.3. The number of aliphatic hydroxyl groups is 1. The van der Waals surface area contributed by atoms with Gasteiger partial charge in [-0.15, -0.1) is 0 Å². The Morgan fingerprint density at radius 3 is 2.94 bits per heavy atom. The molecule has 0 radical (unpaired) electrons. The molecular weight excluding hydrogens is 200 g/mol. The van der Waals surface area contributed by atoms with Gasteiger partial charge in [0.2, 0.25) is 0 Å². The largest absolute Gasteiger partial charge is 0.387 e. The molecule has 0 amide bonds. The Bertz CT molecular complexity index is 354. The van der Waals surface area contributed by atoms with Crippen LogP contribution in [0.5, 0.6) is 0 Å². The summed E-state index contributed by atoms with van der Waals surface area (Å²) in [6.07, 6.45) is 6.08. The lowest BCUT2D eigenvalue weighted by Gasteiger charge is -2.30. The van der Waals surface area contributed by atoms with Crippen molar-refractivity contribution in [2.24, 2.45) is 11.8 Å². The lowest BCUT2D eigenvalue weighted by Crippen LogP contribution is -2.21. The van der Waals surface area contributed by atoms with E-state index in [9.17, 15) is 5.11 Å². The Labute approximate surface area is 96.9 Å². The molecule has 0 bridgehead atoms. The summed E-state index contributed by atoms with van der Waals surface area (Å²) in [5.41, 5.74) is 0.784. The molecule has 2 rings (SSSR count). The van der Waals surface area contributed by atoms with Gasteiger partial charge in [-0.3, -0.25) is 0 Å². The fourth-order valence-electron chi connectivity index (χ4n) is 2.65. The average Bonchev–Trinajstić information content (AvgIpc) is 2.28. The van der Waals surface area contributed by atoms with Crippen LogP contribution in [0.2, 0.25) is 0 Å². The van der Waals surface area contributed by atoms with Crippen LogP contribution < -0.4 is 0 Å². The number of rotatable bonds is 2. The van der Waals surface area contributed by atoms with E-state index in [4.69, 9.17) is 0 Å².